The molecular formula is C15H23F3N4O2. The summed E-state index contributed by atoms with van der Waals surface area (Å²) in [5.41, 5.74) is 0.128. The van der Waals surface area contributed by atoms with E-state index in [4.69, 9.17) is 4.74 Å². The summed E-state index contributed by atoms with van der Waals surface area (Å²) in [6, 6.07) is 0.156. The zero-order valence-electron chi connectivity index (χ0n) is 13.8. The molecule has 1 N–H and O–H groups in total. The third-order valence-electron chi connectivity index (χ3n) is 3.99. The normalized spacial score (nSPS) is 17.9. The van der Waals surface area contributed by atoms with Gasteiger partial charge in [-0.05, 0) is 5.92 Å². The second-order valence-corrected chi connectivity index (χ2v) is 6.21. The van der Waals surface area contributed by atoms with Crippen LogP contribution < -0.4 is 5.32 Å². The molecule has 6 nitrogen and oxygen atoms in total. The number of ether oxygens (including phenoxy) is 1. The van der Waals surface area contributed by atoms with Crippen molar-refractivity contribution in [1.82, 2.24) is 20.0 Å². The summed E-state index contributed by atoms with van der Waals surface area (Å²) in [4.78, 5) is 14.4. The molecule has 2 heterocycles. The molecule has 0 bridgehead atoms. The number of aromatic nitrogens is 2. The van der Waals surface area contributed by atoms with Crippen molar-refractivity contribution in [2.24, 2.45) is 5.92 Å². The van der Waals surface area contributed by atoms with E-state index in [0.29, 0.717) is 25.7 Å². The first-order chi connectivity index (χ1) is 11.3. The number of hydrogen-bond donors (Lipinski definition) is 1. The third kappa shape index (κ3) is 5.48. The summed E-state index contributed by atoms with van der Waals surface area (Å²) in [6.07, 6.45) is -2.10. The van der Waals surface area contributed by atoms with E-state index in [1.54, 1.807) is 0 Å². The summed E-state index contributed by atoms with van der Waals surface area (Å²) >= 11 is 0. The lowest BCUT2D eigenvalue weighted by Gasteiger charge is -2.36. The average Bonchev–Trinajstić information content (AvgIpc) is 2.94. The smallest absolute Gasteiger partial charge is 0.379 e. The van der Waals surface area contributed by atoms with Crippen LogP contribution in [0.2, 0.25) is 0 Å². The molecule has 24 heavy (non-hydrogen) atoms. The quantitative estimate of drug-likeness (QED) is 0.847. The van der Waals surface area contributed by atoms with Crippen LogP contribution in [0.5, 0.6) is 0 Å². The van der Waals surface area contributed by atoms with Crippen LogP contribution in [0.15, 0.2) is 12.4 Å². The minimum absolute atomic E-state index is 0.128. The van der Waals surface area contributed by atoms with E-state index < -0.39 is 18.6 Å². The number of morpholine rings is 1. The molecule has 9 heteroatoms. The largest absolute Gasteiger partial charge is 0.408 e. The van der Waals surface area contributed by atoms with Crippen LogP contribution >= 0.6 is 0 Å². The van der Waals surface area contributed by atoms with Crippen molar-refractivity contribution < 1.29 is 22.7 Å². The third-order valence-corrected chi connectivity index (χ3v) is 3.99. The number of amides is 1. The fourth-order valence-electron chi connectivity index (χ4n) is 2.75. The number of nitrogens with one attached hydrogen (secondary N) is 1. The van der Waals surface area contributed by atoms with E-state index >= 15 is 0 Å². The Bertz CT molecular complexity index is 539. The molecular weight excluding hydrogens is 325 g/mol. The van der Waals surface area contributed by atoms with Crippen molar-refractivity contribution in [3.8, 4) is 0 Å². The van der Waals surface area contributed by atoms with Crippen molar-refractivity contribution in [2.45, 2.75) is 32.6 Å². The van der Waals surface area contributed by atoms with Gasteiger partial charge in [-0.15, -0.1) is 0 Å². The number of carbonyl (C=O) groups is 1. The first-order valence-electron chi connectivity index (χ1n) is 7.95. The first-order valence-corrected chi connectivity index (χ1v) is 7.95. The van der Waals surface area contributed by atoms with Crippen molar-refractivity contribution >= 4 is 5.91 Å². The Morgan fingerprint density at radius 2 is 2.04 bits per heavy atom. The highest BCUT2D eigenvalue weighted by atomic mass is 19.4. The molecule has 0 spiro atoms. The second kappa shape index (κ2) is 7.98. The number of halogens is 3. The summed E-state index contributed by atoms with van der Waals surface area (Å²) < 4.78 is 43.0. The van der Waals surface area contributed by atoms with Gasteiger partial charge in [-0.3, -0.25) is 14.4 Å². The van der Waals surface area contributed by atoms with E-state index in [1.807, 2.05) is 0 Å². The summed E-state index contributed by atoms with van der Waals surface area (Å²) in [7, 11) is 0. The number of hydrogen-bond acceptors (Lipinski definition) is 4. The summed E-state index contributed by atoms with van der Waals surface area (Å²) in [5.74, 6) is -0.0845. The topological polar surface area (TPSA) is 59.4 Å². The van der Waals surface area contributed by atoms with Crippen molar-refractivity contribution in [2.75, 3.05) is 32.8 Å². The number of alkyl halides is 3. The maximum Gasteiger partial charge on any atom is 0.408 e. The van der Waals surface area contributed by atoms with E-state index in [-0.39, 0.29) is 11.6 Å². The van der Waals surface area contributed by atoms with Gasteiger partial charge in [-0.2, -0.15) is 18.3 Å². The van der Waals surface area contributed by atoms with Crippen LogP contribution in [-0.4, -0.2) is 65.7 Å². The number of carbonyl (C=O) groups excluding carboxylic acids is 1. The van der Waals surface area contributed by atoms with E-state index in [0.717, 1.165) is 30.2 Å². The fourth-order valence-corrected chi connectivity index (χ4v) is 2.75. The lowest BCUT2D eigenvalue weighted by molar-refractivity contribution is -0.142. The van der Waals surface area contributed by atoms with E-state index in [1.165, 1.54) is 0 Å². The molecule has 0 saturated carbocycles. The average molecular weight is 348 g/mol. The van der Waals surface area contributed by atoms with Crippen LogP contribution in [0.4, 0.5) is 13.2 Å². The molecule has 0 aromatic carbocycles. The lowest BCUT2D eigenvalue weighted by Crippen LogP contribution is -2.51. The Kier molecular flexibility index (Phi) is 6.22. The molecule has 1 unspecified atom stereocenters. The number of nitrogens with zero attached hydrogens (tertiary/aromatic N) is 3. The van der Waals surface area contributed by atoms with Crippen LogP contribution in [0.3, 0.4) is 0 Å². The van der Waals surface area contributed by atoms with Crippen molar-refractivity contribution in [3.05, 3.63) is 18.0 Å². The molecule has 1 saturated heterocycles. The van der Waals surface area contributed by atoms with Gasteiger partial charge in [0.1, 0.15) is 6.54 Å². The van der Waals surface area contributed by atoms with Crippen LogP contribution in [0.25, 0.3) is 0 Å². The van der Waals surface area contributed by atoms with Gasteiger partial charge >= 0.3 is 6.18 Å². The Morgan fingerprint density at radius 1 is 1.38 bits per heavy atom. The molecule has 0 aliphatic carbocycles. The zero-order valence-corrected chi connectivity index (χ0v) is 13.8. The molecule has 0 radical (unpaired) electrons. The predicted molar refractivity (Wildman–Crippen MR) is 81.6 cm³/mol. The Hall–Kier alpha value is -1.61. The molecule has 1 aromatic heterocycles. The highest BCUT2D eigenvalue weighted by Gasteiger charge is 2.29. The molecule has 1 amide bonds. The molecule has 136 valence electrons. The van der Waals surface area contributed by atoms with Crippen LogP contribution in [-0.2, 0) is 11.3 Å². The second-order valence-electron chi connectivity index (χ2n) is 6.21. The predicted octanol–water partition coefficient (Wildman–Crippen LogP) is 1.53. The standard InChI is InChI=1S/C15H23F3N4O2/c1-11(2)13(21-3-5-24-6-4-21)8-19-14(23)12-7-20-22(9-12)10-15(16,17)18/h7,9,11,13H,3-6,8,10H2,1-2H3,(H,19,23). The number of rotatable bonds is 6. The maximum absolute atomic E-state index is 12.3. The Labute approximate surface area is 138 Å². The fraction of sp³-hybridized carbons (Fsp3) is 0.733. The Balaban J connectivity index is 1.91. The highest BCUT2D eigenvalue weighted by molar-refractivity contribution is 5.93. The molecule has 1 atom stereocenters. The van der Waals surface area contributed by atoms with E-state index in [9.17, 15) is 18.0 Å². The van der Waals surface area contributed by atoms with Gasteiger partial charge in [-0.1, -0.05) is 13.8 Å². The van der Waals surface area contributed by atoms with Crippen LogP contribution in [0.1, 0.15) is 24.2 Å². The SMILES string of the molecule is CC(C)C(CNC(=O)c1cnn(CC(F)(F)F)c1)N1CCOCC1. The first kappa shape index (κ1) is 18.7. The van der Waals surface area contributed by atoms with Gasteiger partial charge in [0.15, 0.2) is 0 Å². The molecule has 1 aromatic rings. The van der Waals surface area contributed by atoms with Gasteiger partial charge in [0.25, 0.3) is 5.91 Å². The highest BCUT2D eigenvalue weighted by Crippen LogP contribution is 2.17. The monoisotopic (exact) mass is 348 g/mol. The van der Waals surface area contributed by atoms with Crippen molar-refractivity contribution in [3.63, 3.8) is 0 Å². The van der Waals surface area contributed by atoms with E-state index in [2.05, 4.69) is 29.2 Å². The Morgan fingerprint density at radius 3 is 2.62 bits per heavy atom. The molecule has 1 aliphatic rings. The van der Waals surface area contributed by atoms with Crippen molar-refractivity contribution in [1.29, 1.82) is 0 Å². The lowest BCUT2D eigenvalue weighted by atomic mass is 10.0. The van der Waals surface area contributed by atoms with Gasteiger partial charge < -0.3 is 10.1 Å². The minimum atomic E-state index is -4.36. The molecule has 1 fully saturated rings. The van der Waals surface area contributed by atoms with Gasteiger partial charge in [0, 0.05) is 31.9 Å². The van der Waals surface area contributed by atoms with Gasteiger partial charge in [-0.25, -0.2) is 0 Å². The molecule has 2 rings (SSSR count). The molecule has 1 aliphatic heterocycles. The van der Waals surface area contributed by atoms with Gasteiger partial charge in [0.05, 0.1) is 25.0 Å². The minimum Gasteiger partial charge on any atom is -0.379 e. The summed E-state index contributed by atoms with van der Waals surface area (Å²) in [5, 5.41) is 6.38. The summed E-state index contributed by atoms with van der Waals surface area (Å²) in [6.45, 7) is 6.33. The van der Waals surface area contributed by atoms with Crippen LogP contribution in [0, 0.1) is 5.92 Å². The van der Waals surface area contributed by atoms with Gasteiger partial charge in [0.2, 0.25) is 0 Å². The zero-order chi connectivity index (χ0) is 17.7. The maximum atomic E-state index is 12.3.